The van der Waals surface area contributed by atoms with E-state index < -0.39 is 12.0 Å². The topological polar surface area (TPSA) is 72.3 Å². The van der Waals surface area contributed by atoms with Gasteiger partial charge in [-0.1, -0.05) is 42.1 Å². The molecule has 2 aromatic carbocycles. The molecule has 1 atom stereocenters. The van der Waals surface area contributed by atoms with Crippen LogP contribution in [0.15, 0.2) is 65.0 Å². The maximum Gasteiger partial charge on any atom is 0.338 e. The van der Waals surface area contributed by atoms with E-state index in [4.69, 9.17) is 4.74 Å². The molecular weight excluding hydrogens is 441 g/mol. The summed E-state index contributed by atoms with van der Waals surface area (Å²) in [5.41, 5.74) is 3.67. The van der Waals surface area contributed by atoms with E-state index in [1.54, 1.807) is 29.8 Å². The van der Waals surface area contributed by atoms with E-state index in [9.17, 15) is 9.18 Å². The maximum atomic E-state index is 14.0. The van der Waals surface area contributed by atoms with Gasteiger partial charge in [-0.05, 0) is 43.2 Å². The molecule has 9 heteroatoms. The lowest BCUT2D eigenvalue weighted by atomic mass is 9.95. The van der Waals surface area contributed by atoms with Gasteiger partial charge in [0.15, 0.2) is 0 Å². The molecule has 1 aliphatic rings. The second kappa shape index (κ2) is 9.66. The van der Waals surface area contributed by atoms with Crippen molar-refractivity contribution in [3.8, 4) is 0 Å². The van der Waals surface area contributed by atoms with Gasteiger partial charge in [0.05, 0.1) is 12.2 Å². The number of ether oxygens (including phenoxy) is 1. The number of carbonyl (C=O) groups excluding carboxylic acids is 1. The second-order valence-electron chi connectivity index (χ2n) is 7.82. The van der Waals surface area contributed by atoms with E-state index in [1.807, 2.05) is 50.2 Å². The summed E-state index contributed by atoms with van der Waals surface area (Å²) in [5, 5.41) is 8.34. The molecule has 33 heavy (non-hydrogen) atoms. The minimum atomic E-state index is -0.494. The second-order valence-corrected chi connectivity index (χ2v) is 8.76. The standard InChI is InChI=1S/C24H26FN5O2S/c1-5-32-22(31)20-15(2)26-23-27-24(33-14-17-8-6-7-9-19(17)25)28-30(23)21(20)16-10-12-18(13-11-16)29(3)4/h6-13,21H,5,14H2,1-4H3,(H,26,27,28). The van der Waals surface area contributed by atoms with Crippen molar-refractivity contribution in [2.45, 2.75) is 30.8 Å². The Morgan fingerprint density at radius 1 is 1.21 bits per heavy atom. The van der Waals surface area contributed by atoms with E-state index in [1.165, 1.54) is 17.8 Å². The highest BCUT2D eigenvalue weighted by atomic mass is 32.2. The van der Waals surface area contributed by atoms with Crippen LogP contribution >= 0.6 is 11.8 Å². The number of hydrogen-bond acceptors (Lipinski definition) is 7. The fourth-order valence-electron chi connectivity index (χ4n) is 3.69. The highest BCUT2D eigenvalue weighted by Crippen LogP contribution is 2.37. The Bertz CT molecular complexity index is 1190. The van der Waals surface area contributed by atoms with Crippen molar-refractivity contribution in [3.63, 3.8) is 0 Å². The Morgan fingerprint density at radius 3 is 2.61 bits per heavy atom. The highest BCUT2D eigenvalue weighted by Gasteiger charge is 2.35. The summed E-state index contributed by atoms with van der Waals surface area (Å²) in [6, 6.07) is 14.1. The summed E-state index contributed by atoms with van der Waals surface area (Å²) in [5.74, 6) is 0.271. The van der Waals surface area contributed by atoms with E-state index in [0.29, 0.717) is 33.7 Å². The SMILES string of the molecule is CCOC(=O)C1=C(C)Nc2nc(SCc3ccccc3F)nn2C1c1ccc(N(C)C)cc1. The fraction of sp³-hybridized carbons (Fsp3) is 0.292. The number of aromatic nitrogens is 3. The van der Waals surface area contributed by atoms with Crippen molar-refractivity contribution in [2.24, 2.45) is 0 Å². The molecule has 3 aromatic rings. The van der Waals surface area contributed by atoms with Crippen molar-refractivity contribution in [1.29, 1.82) is 0 Å². The van der Waals surface area contributed by atoms with E-state index in [-0.39, 0.29) is 12.4 Å². The molecule has 0 aliphatic carbocycles. The number of fused-ring (bicyclic) bond motifs is 1. The Balaban J connectivity index is 1.70. The maximum absolute atomic E-state index is 14.0. The van der Waals surface area contributed by atoms with Crippen LogP contribution in [0.25, 0.3) is 0 Å². The van der Waals surface area contributed by atoms with Gasteiger partial charge in [-0.15, -0.1) is 5.10 Å². The molecule has 0 bridgehead atoms. The van der Waals surface area contributed by atoms with Gasteiger partial charge in [-0.2, -0.15) is 4.98 Å². The Morgan fingerprint density at radius 2 is 1.94 bits per heavy atom. The molecule has 2 heterocycles. The lowest BCUT2D eigenvalue weighted by Gasteiger charge is -2.28. The van der Waals surface area contributed by atoms with Crippen LogP contribution in [-0.2, 0) is 15.3 Å². The van der Waals surface area contributed by atoms with Crippen LogP contribution in [0.2, 0.25) is 0 Å². The van der Waals surface area contributed by atoms with Crippen LogP contribution in [0.3, 0.4) is 0 Å². The number of hydrogen-bond donors (Lipinski definition) is 1. The van der Waals surface area contributed by atoms with Gasteiger partial charge in [0, 0.05) is 31.2 Å². The highest BCUT2D eigenvalue weighted by molar-refractivity contribution is 7.98. The van der Waals surface area contributed by atoms with Crippen molar-refractivity contribution in [1.82, 2.24) is 14.8 Å². The summed E-state index contributed by atoms with van der Waals surface area (Å²) in [4.78, 5) is 19.5. The van der Waals surface area contributed by atoms with Crippen LogP contribution in [0, 0.1) is 5.82 Å². The van der Waals surface area contributed by atoms with Crippen LogP contribution in [-0.4, -0.2) is 41.4 Å². The molecular formula is C24H26FN5O2S. The van der Waals surface area contributed by atoms with E-state index in [2.05, 4.69) is 15.4 Å². The molecule has 1 N–H and O–H groups in total. The molecule has 0 fully saturated rings. The molecule has 0 amide bonds. The Kier molecular flexibility index (Phi) is 6.69. The van der Waals surface area contributed by atoms with Gasteiger partial charge in [0.1, 0.15) is 11.9 Å². The van der Waals surface area contributed by atoms with Gasteiger partial charge in [-0.3, -0.25) is 0 Å². The third kappa shape index (κ3) is 4.73. The third-order valence-electron chi connectivity index (χ3n) is 5.37. The quantitative estimate of drug-likeness (QED) is 0.401. The summed E-state index contributed by atoms with van der Waals surface area (Å²) in [7, 11) is 3.95. The number of thioether (sulfide) groups is 1. The average molecular weight is 468 g/mol. The van der Waals surface area contributed by atoms with E-state index >= 15 is 0 Å². The summed E-state index contributed by atoms with van der Waals surface area (Å²) in [6.07, 6.45) is 0. The molecule has 0 saturated heterocycles. The number of carbonyl (C=O) groups is 1. The minimum Gasteiger partial charge on any atom is -0.463 e. The molecule has 0 radical (unpaired) electrons. The van der Waals surface area contributed by atoms with Gasteiger partial charge in [-0.25, -0.2) is 13.9 Å². The van der Waals surface area contributed by atoms with Crippen LogP contribution in [0.4, 0.5) is 16.0 Å². The number of esters is 1. The zero-order valence-electron chi connectivity index (χ0n) is 19.0. The van der Waals surface area contributed by atoms with Crippen molar-refractivity contribution < 1.29 is 13.9 Å². The number of allylic oxidation sites excluding steroid dienone is 1. The molecule has 7 nitrogen and oxygen atoms in total. The van der Waals surface area contributed by atoms with Crippen LogP contribution in [0.5, 0.6) is 0 Å². The third-order valence-corrected chi connectivity index (χ3v) is 6.25. The van der Waals surface area contributed by atoms with E-state index in [0.717, 1.165) is 11.3 Å². The molecule has 1 aromatic heterocycles. The lowest BCUT2D eigenvalue weighted by Crippen LogP contribution is -2.29. The molecule has 0 saturated carbocycles. The summed E-state index contributed by atoms with van der Waals surface area (Å²) < 4.78 is 21.1. The Labute approximate surface area is 196 Å². The van der Waals surface area contributed by atoms with Crippen molar-refractivity contribution in [2.75, 3.05) is 30.9 Å². The predicted octanol–water partition coefficient (Wildman–Crippen LogP) is 4.63. The molecule has 1 unspecified atom stereocenters. The van der Waals surface area contributed by atoms with Gasteiger partial charge in [0.2, 0.25) is 11.1 Å². The first-order valence-corrected chi connectivity index (χ1v) is 11.6. The summed E-state index contributed by atoms with van der Waals surface area (Å²) >= 11 is 1.34. The number of nitrogens with zero attached hydrogens (tertiary/aromatic N) is 4. The molecule has 172 valence electrons. The summed E-state index contributed by atoms with van der Waals surface area (Å²) in [6.45, 7) is 3.89. The van der Waals surface area contributed by atoms with Gasteiger partial charge >= 0.3 is 5.97 Å². The van der Waals surface area contributed by atoms with Crippen LogP contribution < -0.4 is 10.2 Å². The van der Waals surface area contributed by atoms with Crippen molar-refractivity contribution in [3.05, 3.63) is 76.7 Å². The average Bonchev–Trinajstić information content (AvgIpc) is 3.20. The predicted molar refractivity (Wildman–Crippen MR) is 128 cm³/mol. The largest absolute Gasteiger partial charge is 0.463 e. The lowest BCUT2D eigenvalue weighted by molar-refractivity contribution is -0.139. The fourth-order valence-corrected chi connectivity index (χ4v) is 4.50. The smallest absolute Gasteiger partial charge is 0.338 e. The molecule has 1 aliphatic heterocycles. The van der Waals surface area contributed by atoms with Gasteiger partial charge in [0.25, 0.3) is 0 Å². The first-order chi connectivity index (χ1) is 15.9. The number of rotatable bonds is 7. The van der Waals surface area contributed by atoms with Gasteiger partial charge < -0.3 is 15.0 Å². The zero-order chi connectivity index (χ0) is 23.5. The monoisotopic (exact) mass is 467 g/mol. The molecule has 4 rings (SSSR count). The number of halogens is 1. The normalized spacial score (nSPS) is 15.1. The number of anilines is 2. The Hall–Kier alpha value is -3.33. The van der Waals surface area contributed by atoms with Crippen molar-refractivity contribution >= 4 is 29.4 Å². The minimum absolute atomic E-state index is 0.256. The number of benzene rings is 2. The first-order valence-electron chi connectivity index (χ1n) is 10.6. The zero-order valence-corrected chi connectivity index (χ0v) is 19.8. The van der Waals surface area contributed by atoms with Crippen LogP contribution in [0.1, 0.15) is 31.0 Å². The first kappa shape index (κ1) is 22.8. The molecule has 0 spiro atoms. The number of nitrogens with one attached hydrogen (secondary N) is 1.